The van der Waals surface area contributed by atoms with Crippen molar-refractivity contribution in [3.8, 4) is 17.9 Å². The van der Waals surface area contributed by atoms with Gasteiger partial charge in [0.25, 0.3) is 0 Å². The highest BCUT2D eigenvalue weighted by molar-refractivity contribution is 7.89. The molecule has 2 aromatic rings. The van der Waals surface area contributed by atoms with E-state index in [4.69, 9.17) is 0 Å². The minimum absolute atomic E-state index is 0.123. The molecular formula is C22H20N2O3S. The van der Waals surface area contributed by atoms with E-state index in [1.807, 2.05) is 24.3 Å². The van der Waals surface area contributed by atoms with Gasteiger partial charge in [0.15, 0.2) is 0 Å². The van der Waals surface area contributed by atoms with Crippen molar-refractivity contribution in [1.82, 2.24) is 4.31 Å². The van der Waals surface area contributed by atoms with Crippen molar-refractivity contribution in [3.05, 3.63) is 65.7 Å². The molecule has 0 unspecified atom stereocenters. The summed E-state index contributed by atoms with van der Waals surface area (Å²) in [4.78, 5) is 0.123. The van der Waals surface area contributed by atoms with Crippen LogP contribution in [-0.4, -0.2) is 36.5 Å². The number of aliphatic hydroxyl groups excluding tert-OH is 1. The summed E-state index contributed by atoms with van der Waals surface area (Å²) >= 11 is 0. The summed E-state index contributed by atoms with van der Waals surface area (Å²) in [6.07, 6.45) is 2.34. The van der Waals surface area contributed by atoms with Gasteiger partial charge in [-0.1, -0.05) is 42.2 Å². The Balaban J connectivity index is 1.61. The third-order valence-electron chi connectivity index (χ3n) is 5.29. The van der Waals surface area contributed by atoms with E-state index in [0.717, 1.165) is 15.4 Å². The van der Waals surface area contributed by atoms with Crippen LogP contribution < -0.4 is 0 Å². The van der Waals surface area contributed by atoms with Gasteiger partial charge in [0.2, 0.25) is 10.0 Å². The van der Waals surface area contributed by atoms with Gasteiger partial charge in [-0.15, -0.1) is 0 Å². The van der Waals surface area contributed by atoms with E-state index in [2.05, 4.69) is 17.9 Å². The maximum absolute atomic E-state index is 13.0. The second kappa shape index (κ2) is 7.41. The van der Waals surface area contributed by atoms with Gasteiger partial charge in [0.1, 0.15) is 6.04 Å². The predicted octanol–water partition coefficient (Wildman–Crippen LogP) is 2.49. The molecule has 1 saturated carbocycles. The molecule has 4 rings (SSSR count). The minimum atomic E-state index is -3.86. The van der Waals surface area contributed by atoms with Crippen LogP contribution in [0.4, 0.5) is 0 Å². The maximum Gasteiger partial charge on any atom is 0.244 e. The SMILES string of the molecule is N#C[C@H]1[C@H](c2ccc(C#CC3CC3)cc2)[C@H](CO)N1S(=O)(=O)c1ccccc1. The Bertz CT molecular complexity index is 1060. The average Bonchev–Trinajstić information content (AvgIpc) is 3.52. The lowest BCUT2D eigenvalue weighted by Crippen LogP contribution is -2.64. The maximum atomic E-state index is 13.0. The van der Waals surface area contributed by atoms with E-state index in [-0.39, 0.29) is 17.4 Å². The van der Waals surface area contributed by atoms with Crippen molar-refractivity contribution >= 4 is 10.0 Å². The van der Waals surface area contributed by atoms with Gasteiger partial charge in [-0.25, -0.2) is 8.42 Å². The van der Waals surface area contributed by atoms with Gasteiger partial charge in [-0.3, -0.25) is 0 Å². The number of hydrogen-bond acceptors (Lipinski definition) is 4. The van der Waals surface area contributed by atoms with Gasteiger partial charge in [-0.2, -0.15) is 9.57 Å². The van der Waals surface area contributed by atoms with Crippen LogP contribution in [0.5, 0.6) is 0 Å². The highest BCUT2D eigenvalue weighted by atomic mass is 32.2. The molecule has 2 fully saturated rings. The molecule has 6 heteroatoms. The zero-order valence-corrected chi connectivity index (χ0v) is 16.0. The Morgan fingerprint density at radius 1 is 1.07 bits per heavy atom. The van der Waals surface area contributed by atoms with E-state index >= 15 is 0 Å². The molecule has 5 nitrogen and oxygen atoms in total. The van der Waals surface area contributed by atoms with E-state index in [1.54, 1.807) is 18.2 Å². The minimum Gasteiger partial charge on any atom is -0.395 e. The van der Waals surface area contributed by atoms with Gasteiger partial charge < -0.3 is 5.11 Å². The zero-order valence-electron chi connectivity index (χ0n) is 15.2. The van der Waals surface area contributed by atoms with Crippen molar-refractivity contribution in [2.75, 3.05) is 6.61 Å². The van der Waals surface area contributed by atoms with Crippen molar-refractivity contribution in [2.45, 2.75) is 35.7 Å². The highest BCUT2D eigenvalue weighted by Gasteiger charge is 2.55. The normalized spacial score (nSPS) is 24.5. The van der Waals surface area contributed by atoms with Crippen LogP contribution in [0.2, 0.25) is 0 Å². The Labute approximate surface area is 165 Å². The zero-order chi connectivity index (χ0) is 19.7. The molecule has 1 N–H and O–H groups in total. The van der Waals surface area contributed by atoms with E-state index in [9.17, 15) is 18.8 Å². The Morgan fingerprint density at radius 2 is 1.75 bits per heavy atom. The third kappa shape index (κ3) is 3.31. The first-order valence-electron chi connectivity index (χ1n) is 9.27. The van der Waals surface area contributed by atoms with Crippen LogP contribution in [-0.2, 0) is 10.0 Å². The summed E-state index contributed by atoms with van der Waals surface area (Å²) in [7, 11) is -3.86. The Morgan fingerprint density at radius 3 is 2.32 bits per heavy atom. The summed E-state index contributed by atoms with van der Waals surface area (Å²) in [5.74, 6) is 6.49. The topological polar surface area (TPSA) is 81.4 Å². The first-order chi connectivity index (χ1) is 13.6. The molecule has 0 radical (unpaired) electrons. The lowest BCUT2D eigenvalue weighted by atomic mass is 9.78. The predicted molar refractivity (Wildman–Crippen MR) is 105 cm³/mol. The molecule has 2 aliphatic rings. The number of nitrogens with zero attached hydrogens (tertiary/aromatic N) is 2. The summed E-state index contributed by atoms with van der Waals surface area (Å²) in [5.41, 5.74) is 1.74. The van der Waals surface area contributed by atoms with Crippen LogP contribution in [0, 0.1) is 29.1 Å². The second-order valence-electron chi connectivity index (χ2n) is 7.16. The first kappa shape index (κ1) is 18.7. The third-order valence-corrected chi connectivity index (χ3v) is 7.21. The fourth-order valence-corrected chi connectivity index (χ4v) is 5.39. The van der Waals surface area contributed by atoms with Crippen LogP contribution in [0.15, 0.2) is 59.5 Å². The quantitative estimate of drug-likeness (QED) is 0.811. The first-order valence-corrected chi connectivity index (χ1v) is 10.7. The van der Waals surface area contributed by atoms with Crippen molar-refractivity contribution < 1.29 is 13.5 Å². The molecular weight excluding hydrogens is 372 g/mol. The molecule has 2 aromatic carbocycles. The standard InChI is InChI=1S/C22H20N2O3S/c23-14-20-22(18-12-10-17(11-13-18)9-8-16-6-7-16)21(15-25)24(20)28(26,27)19-4-2-1-3-5-19/h1-5,10-13,16,20-22,25H,6-7,15H2/t20-,21-,22-/m0/s1. The molecule has 28 heavy (non-hydrogen) atoms. The van der Waals surface area contributed by atoms with Crippen molar-refractivity contribution in [3.63, 3.8) is 0 Å². The molecule has 0 spiro atoms. The smallest absolute Gasteiger partial charge is 0.244 e. The number of benzene rings is 2. The highest BCUT2D eigenvalue weighted by Crippen LogP contribution is 2.43. The summed E-state index contributed by atoms with van der Waals surface area (Å²) in [6.45, 7) is -0.349. The largest absolute Gasteiger partial charge is 0.395 e. The molecule has 142 valence electrons. The molecule has 1 saturated heterocycles. The molecule has 1 heterocycles. The van der Waals surface area contributed by atoms with Crippen molar-refractivity contribution in [2.24, 2.45) is 5.92 Å². The summed E-state index contributed by atoms with van der Waals surface area (Å²) in [6, 6.07) is 16.1. The van der Waals surface area contributed by atoms with Gasteiger partial charge in [-0.05, 0) is 42.7 Å². The Hall–Kier alpha value is -2.64. The molecule has 1 aliphatic heterocycles. The van der Waals surface area contributed by atoms with Gasteiger partial charge in [0, 0.05) is 17.4 Å². The van der Waals surface area contributed by atoms with Crippen LogP contribution in [0.25, 0.3) is 0 Å². The van der Waals surface area contributed by atoms with Crippen LogP contribution in [0.3, 0.4) is 0 Å². The number of aliphatic hydroxyl groups is 1. The van der Waals surface area contributed by atoms with E-state index in [1.165, 1.54) is 25.0 Å². The van der Waals surface area contributed by atoms with E-state index in [0.29, 0.717) is 5.92 Å². The second-order valence-corrected chi connectivity index (χ2v) is 9.01. The number of nitriles is 1. The molecule has 3 atom stereocenters. The number of sulfonamides is 1. The lowest BCUT2D eigenvalue weighted by Gasteiger charge is -2.50. The summed E-state index contributed by atoms with van der Waals surface area (Å²) < 4.78 is 27.1. The van der Waals surface area contributed by atoms with Crippen LogP contribution >= 0.6 is 0 Å². The fourth-order valence-electron chi connectivity index (χ4n) is 3.61. The fraction of sp³-hybridized carbons (Fsp3) is 0.318. The number of hydrogen-bond donors (Lipinski definition) is 1. The molecule has 1 aliphatic carbocycles. The summed E-state index contributed by atoms with van der Waals surface area (Å²) in [5, 5.41) is 19.5. The molecule has 0 bridgehead atoms. The Kier molecular flexibility index (Phi) is 4.95. The van der Waals surface area contributed by atoms with Gasteiger partial charge in [0.05, 0.1) is 23.6 Å². The lowest BCUT2D eigenvalue weighted by molar-refractivity contribution is 0.0557. The van der Waals surface area contributed by atoms with Crippen molar-refractivity contribution in [1.29, 1.82) is 5.26 Å². The monoisotopic (exact) mass is 392 g/mol. The van der Waals surface area contributed by atoms with Crippen LogP contribution in [0.1, 0.15) is 29.9 Å². The van der Waals surface area contributed by atoms with Gasteiger partial charge >= 0.3 is 0 Å². The van der Waals surface area contributed by atoms with E-state index < -0.39 is 22.1 Å². The molecule has 0 aromatic heterocycles. The number of rotatable bonds is 4. The average molecular weight is 392 g/mol. The molecule has 0 amide bonds.